The zero-order valence-electron chi connectivity index (χ0n) is 10.7. The highest BCUT2D eigenvalue weighted by atomic mass is 32.1. The average molecular weight is 270 g/mol. The number of carbonyl (C=O) groups excluding carboxylic acids is 1. The van der Waals surface area contributed by atoms with Crippen molar-refractivity contribution in [3.63, 3.8) is 0 Å². The number of hydrogen-bond donors (Lipinski definition) is 1. The lowest BCUT2D eigenvalue weighted by Crippen LogP contribution is -2.39. The van der Waals surface area contributed by atoms with Crippen molar-refractivity contribution < 1.29 is 14.3 Å². The van der Waals surface area contributed by atoms with Gasteiger partial charge in [0.2, 0.25) is 0 Å². The second-order valence-corrected chi connectivity index (χ2v) is 5.24. The zero-order valence-corrected chi connectivity index (χ0v) is 11.5. The van der Waals surface area contributed by atoms with Crippen molar-refractivity contribution >= 4 is 17.2 Å². The number of rotatable bonds is 4. The maximum Gasteiger partial charge on any atom is 0.263 e. The van der Waals surface area contributed by atoms with E-state index < -0.39 is 0 Å². The molecule has 1 fully saturated rings. The van der Waals surface area contributed by atoms with Gasteiger partial charge in [0, 0.05) is 6.54 Å². The van der Waals surface area contributed by atoms with Crippen molar-refractivity contribution in [1.82, 2.24) is 10.3 Å². The summed E-state index contributed by atoms with van der Waals surface area (Å²) in [6.07, 6.45) is 0.819. The molecule has 0 aromatic carbocycles. The van der Waals surface area contributed by atoms with Crippen molar-refractivity contribution in [1.29, 1.82) is 0 Å². The molecule has 1 atom stereocenters. The van der Waals surface area contributed by atoms with E-state index in [0.29, 0.717) is 31.2 Å². The van der Waals surface area contributed by atoms with Gasteiger partial charge < -0.3 is 14.8 Å². The highest BCUT2D eigenvalue weighted by Crippen LogP contribution is 2.18. The van der Waals surface area contributed by atoms with E-state index in [1.165, 1.54) is 11.3 Å². The van der Waals surface area contributed by atoms with Crippen molar-refractivity contribution in [2.75, 3.05) is 26.4 Å². The third kappa shape index (κ3) is 3.28. The van der Waals surface area contributed by atoms with Crippen molar-refractivity contribution in [2.24, 2.45) is 0 Å². The minimum atomic E-state index is -0.0705. The molecule has 1 amide bonds. The van der Waals surface area contributed by atoms with E-state index >= 15 is 0 Å². The fraction of sp³-hybridized carbons (Fsp3) is 0.667. The Balaban J connectivity index is 1.88. The molecule has 1 aromatic rings. The van der Waals surface area contributed by atoms with Crippen LogP contribution in [0.4, 0.5) is 0 Å². The fourth-order valence-electron chi connectivity index (χ4n) is 1.76. The molecule has 5 nitrogen and oxygen atoms in total. The topological polar surface area (TPSA) is 60.5 Å². The van der Waals surface area contributed by atoms with Gasteiger partial charge >= 0.3 is 0 Å². The standard InChI is InChI=1S/C12H18N2O3S/c1-3-10-14-8(2)11(18-10)12(15)13-6-9-7-16-4-5-17-9/h9H,3-7H2,1-2H3,(H,13,15). The minimum Gasteiger partial charge on any atom is -0.376 e. The highest BCUT2D eigenvalue weighted by Gasteiger charge is 2.18. The molecule has 1 saturated heterocycles. The summed E-state index contributed by atoms with van der Waals surface area (Å²) in [5, 5.41) is 3.87. The largest absolute Gasteiger partial charge is 0.376 e. The first kappa shape index (κ1) is 13.5. The predicted molar refractivity (Wildman–Crippen MR) is 69.1 cm³/mol. The molecule has 2 heterocycles. The summed E-state index contributed by atoms with van der Waals surface area (Å²) in [7, 11) is 0. The Morgan fingerprint density at radius 1 is 1.56 bits per heavy atom. The maximum atomic E-state index is 12.0. The molecule has 1 N–H and O–H groups in total. The van der Waals surface area contributed by atoms with Gasteiger partial charge in [-0.2, -0.15) is 0 Å². The van der Waals surface area contributed by atoms with Gasteiger partial charge in [0.05, 0.1) is 36.6 Å². The first-order chi connectivity index (χ1) is 8.70. The quantitative estimate of drug-likeness (QED) is 0.892. The van der Waals surface area contributed by atoms with Crippen LogP contribution in [0.3, 0.4) is 0 Å². The van der Waals surface area contributed by atoms with Gasteiger partial charge in [-0.15, -0.1) is 11.3 Å². The molecule has 1 aliphatic heterocycles. The molecule has 6 heteroatoms. The Labute approximate surface area is 111 Å². The van der Waals surface area contributed by atoms with Crippen LogP contribution in [0.2, 0.25) is 0 Å². The van der Waals surface area contributed by atoms with E-state index in [-0.39, 0.29) is 12.0 Å². The van der Waals surface area contributed by atoms with Gasteiger partial charge in [-0.05, 0) is 13.3 Å². The van der Waals surface area contributed by atoms with Crippen LogP contribution in [0, 0.1) is 6.92 Å². The Hall–Kier alpha value is -0.980. The predicted octanol–water partition coefficient (Wildman–Crippen LogP) is 1.16. The third-order valence-electron chi connectivity index (χ3n) is 2.72. The summed E-state index contributed by atoms with van der Waals surface area (Å²) in [4.78, 5) is 17.0. The summed E-state index contributed by atoms with van der Waals surface area (Å²) in [5.74, 6) is -0.0705. The smallest absolute Gasteiger partial charge is 0.263 e. The molecule has 0 bridgehead atoms. The summed E-state index contributed by atoms with van der Waals surface area (Å²) >= 11 is 1.46. The number of nitrogens with zero attached hydrogens (tertiary/aromatic N) is 1. The number of ether oxygens (including phenoxy) is 2. The number of hydrogen-bond acceptors (Lipinski definition) is 5. The summed E-state index contributed by atoms with van der Waals surface area (Å²) in [6.45, 7) is 6.16. The Morgan fingerprint density at radius 2 is 2.39 bits per heavy atom. The number of nitrogens with one attached hydrogen (secondary N) is 1. The van der Waals surface area contributed by atoms with Crippen LogP contribution >= 0.6 is 11.3 Å². The average Bonchev–Trinajstić information content (AvgIpc) is 2.78. The lowest BCUT2D eigenvalue weighted by Gasteiger charge is -2.22. The van der Waals surface area contributed by atoms with E-state index in [2.05, 4.69) is 10.3 Å². The van der Waals surface area contributed by atoms with Crippen molar-refractivity contribution in [3.8, 4) is 0 Å². The van der Waals surface area contributed by atoms with Crippen LogP contribution in [-0.2, 0) is 15.9 Å². The third-order valence-corrected chi connectivity index (χ3v) is 4.03. The molecule has 1 aliphatic rings. The number of aryl methyl sites for hydroxylation is 2. The van der Waals surface area contributed by atoms with E-state index in [9.17, 15) is 4.79 Å². The van der Waals surface area contributed by atoms with E-state index in [1.807, 2.05) is 13.8 Å². The van der Waals surface area contributed by atoms with E-state index in [0.717, 1.165) is 17.1 Å². The first-order valence-corrected chi connectivity index (χ1v) is 6.96. The molecule has 0 aliphatic carbocycles. The molecule has 0 radical (unpaired) electrons. The monoisotopic (exact) mass is 270 g/mol. The van der Waals surface area contributed by atoms with Gasteiger partial charge in [0.1, 0.15) is 4.88 Å². The van der Waals surface area contributed by atoms with Crippen LogP contribution in [0.25, 0.3) is 0 Å². The Bertz CT molecular complexity index is 413. The van der Waals surface area contributed by atoms with Crippen LogP contribution < -0.4 is 5.32 Å². The van der Waals surface area contributed by atoms with Crippen molar-refractivity contribution in [3.05, 3.63) is 15.6 Å². The Kier molecular flexibility index (Phi) is 4.68. The number of carbonyl (C=O) groups is 1. The molecule has 1 unspecified atom stereocenters. The highest BCUT2D eigenvalue weighted by molar-refractivity contribution is 7.13. The lowest BCUT2D eigenvalue weighted by molar-refractivity contribution is -0.0855. The van der Waals surface area contributed by atoms with Gasteiger partial charge in [-0.25, -0.2) is 4.98 Å². The molecule has 0 saturated carbocycles. The van der Waals surface area contributed by atoms with E-state index in [4.69, 9.17) is 9.47 Å². The van der Waals surface area contributed by atoms with Gasteiger partial charge in [0.25, 0.3) is 5.91 Å². The summed E-state index contributed by atoms with van der Waals surface area (Å²) in [5.41, 5.74) is 0.801. The molecular weight excluding hydrogens is 252 g/mol. The van der Waals surface area contributed by atoms with E-state index in [1.54, 1.807) is 0 Å². The SMILES string of the molecule is CCc1nc(C)c(C(=O)NCC2COCCO2)s1. The summed E-state index contributed by atoms with van der Waals surface area (Å²) < 4.78 is 10.7. The Morgan fingerprint density at radius 3 is 3.00 bits per heavy atom. The second-order valence-electron chi connectivity index (χ2n) is 4.15. The second kappa shape index (κ2) is 6.26. The van der Waals surface area contributed by atoms with Crippen LogP contribution in [0.1, 0.15) is 27.3 Å². The first-order valence-electron chi connectivity index (χ1n) is 6.14. The molecule has 0 spiro atoms. The van der Waals surface area contributed by atoms with Crippen LogP contribution in [0.15, 0.2) is 0 Å². The molecule has 1 aromatic heterocycles. The molecule has 18 heavy (non-hydrogen) atoms. The fourth-order valence-corrected chi connectivity index (χ4v) is 2.68. The normalized spacial score (nSPS) is 19.8. The number of amides is 1. The van der Waals surface area contributed by atoms with Crippen LogP contribution in [0.5, 0.6) is 0 Å². The molecular formula is C12H18N2O3S. The summed E-state index contributed by atoms with van der Waals surface area (Å²) in [6, 6.07) is 0. The van der Waals surface area contributed by atoms with Crippen molar-refractivity contribution in [2.45, 2.75) is 26.4 Å². The number of thiazole rings is 1. The van der Waals surface area contributed by atoms with Gasteiger partial charge in [-0.1, -0.05) is 6.92 Å². The number of aromatic nitrogens is 1. The van der Waals surface area contributed by atoms with Gasteiger partial charge in [-0.3, -0.25) is 4.79 Å². The molecule has 100 valence electrons. The maximum absolute atomic E-state index is 12.0. The zero-order chi connectivity index (χ0) is 13.0. The van der Waals surface area contributed by atoms with Gasteiger partial charge in [0.15, 0.2) is 0 Å². The minimum absolute atomic E-state index is 0.0402. The molecule has 2 rings (SSSR count). The lowest BCUT2D eigenvalue weighted by atomic mass is 10.3. The van der Waals surface area contributed by atoms with Crippen LogP contribution in [-0.4, -0.2) is 43.4 Å².